The van der Waals surface area contributed by atoms with Gasteiger partial charge in [-0.2, -0.15) is 0 Å². The van der Waals surface area contributed by atoms with E-state index in [0.29, 0.717) is 11.6 Å². The van der Waals surface area contributed by atoms with E-state index < -0.39 is 0 Å². The van der Waals surface area contributed by atoms with Crippen molar-refractivity contribution in [3.05, 3.63) is 35.4 Å². The van der Waals surface area contributed by atoms with Crippen molar-refractivity contribution in [3.63, 3.8) is 0 Å². The number of primary amides is 1. The molecule has 0 spiro atoms. The van der Waals surface area contributed by atoms with Crippen molar-refractivity contribution in [2.75, 3.05) is 19.6 Å². The summed E-state index contributed by atoms with van der Waals surface area (Å²) in [5, 5.41) is 3.48. The van der Waals surface area contributed by atoms with Crippen molar-refractivity contribution in [3.8, 4) is 0 Å². The Morgan fingerprint density at radius 2 is 2.10 bits per heavy atom. The predicted molar refractivity (Wildman–Crippen MR) is 86.1 cm³/mol. The fourth-order valence-electron chi connectivity index (χ4n) is 2.88. The molecule has 21 heavy (non-hydrogen) atoms. The van der Waals surface area contributed by atoms with Crippen LogP contribution >= 0.6 is 0 Å². The number of amides is 1. The number of nitrogens with two attached hydrogens (primary N) is 1. The minimum absolute atomic E-state index is 0.365. The zero-order chi connectivity index (χ0) is 15.2. The van der Waals surface area contributed by atoms with Crippen LogP contribution in [0.15, 0.2) is 24.3 Å². The topological polar surface area (TPSA) is 58.4 Å². The van der Waals surface area contributed by atoms with Gasteiger partial charge in [0.05, 0.1) is 0 Å². The molecule has 1 heterocycles. The van der Waals surface area contributed by atoms with Crippen LogP contribution in [0.4, 0.5) is 0 Å². The summed E-state index contributed by atoms with van der Waals surface area (Å²) >= 11 is 0. The van der Waals surface area contributed by atoms with Gasteiger partial charge in [0.15, 0.2) is 0 Å². The number of hydrogen-bond acceptors (Lipinski definition) is 3. The van der Waals surface area contributed by atoms with Gasteiger partial charge in [-0.15, -0.1) is 0 Å². The molecular formula is C17H27N3O. The first kappa shape index (κ1) is 16.0. The molecule has 0 radical (unpaired) electrons. The van der Waals surface area contributed by atoms with Gasteiger partial charge in [0, 0.05) is 24.7 Å². The van der Waals surface area contributed by atoms with E-state index in [1.807, 2.05) is 24.3 Å². The lowest BCUT2D eigenvalue weighted by atomic mass is 9.98. The smallest absolute Gasteiger partial charge is 0.248 e. The molecule has 1 atom stereocenters. The summed E-state index contributed by atoms with van der Waals surface area (Å²) in [6, 6.07) is 8.17. The van der Waals surface area contributed by atoms with Crippen molar-refractivity contribution in [1.29, 1.82) is 0 Å². The fourth-order valence-corrected chi connectivity index (χ4v) is 2.88. The van der Waals surface area contributed by atoms with Gasteiger partial charge in [0.1, 0.15) is 0 Å². The Kier molecular flexibility index (Phi) is 5.76. The van der Waals surface area contributed by atoms with Gasteiger partial charge in [0.25, 0.3) is 0 Å². The maximum atomic E-state index is 11.1. The molecule has 0 aliphatic carbocycles. The summed E-state index contributed by atoms with van der Waals surface area (Å²) in [4.78, 5) is 13.6. The molecule has 1 fully saturated rings. The van der Waals surface area contributed by atoms with E-state index in [1.54, 1.807) is 0 Å². The first-order valence-corrected chi connectivity index (χ1v) is 7.89. The zero-order valence-corrected chi connectivity index (χ0v) is 13.1. The maximum absolute atomic E-state index is 11.1. The summed E-state index contributed by atoms with van der Waals surface area (Å²) in [6.45, 7) is 8.83. The van der Waals surface area contributed by atoms with Crippen molar-refractivity contribution in [2.45, 2.75) is 39.3 Å². The minimum atomic E-state index is -0.365. The summed E-state index contributed by atoms with van der Waals surface area (Å²) < 4.78 is 0. The zero-order valence-electron chi connectivity index (χ0n) is 13.1. The molecule has 4 heteroatoms. The summed E-state index contributed by atoms with van der Waals surface area (Å²) in [5.74, 6) is 0.376. The molecule has 1 amide bonds. The highest BCUT2D eigenvalue weighted by Gasteiger charge is 2.19. The Hall–Kier alpha value is -1.39. The number of benzene rings is 1. The van der Waals surface area contributed by atoms with E-state index in [2.05, 4.69) is 24.1 Å². The summed E-state index contributed by atoms with van der Waals surface area (Å²) in [5.41, 5.74) is 7.09. The van der Waals surface area contributed by atoms with Crippen LogP contribution < -0.4 is 11.1 Å². The highest BCUT2D eigenvalue weighted by molar-refractivity contribution is 5.92. The Bertz CT molecular complexity index is 450. The molecule has 0 saturated carbocycles. The molecular weight excluding hydrogens is 262 g/mol. The number of rotatable bonds is 6. The van der Waals surface area contributed by atoms with Gasteiger partial charge in [-0.05, 0) is 63.4 Å². The summed E-state index contributed by atoms with van der Waals surface area (Å²) in [7, 11) is 0. The molecule has 4 nitrogen and oxygen atoms in total. The first-order valence-electron chi connectivity index (χ1n) is 7.89. The molecule has 1 aliphatic rings. The number of nitrogens with one attached hydrogen (secondary N) is 1. The van der Waals surface area contributed by atoms with Crippen LogP contribution in [-0.4, -0.2) is 36.5 Å². The number of carbonyl (C=O) groups is 1. The second-order valence-corrected chi connectivity index (χ2v) is 6.30. The van der Waals surface area contributed by atoms with Crippen molar-refractivity contribution in [1.82, 2.24) is 10.2 Å². The van der Waals surface area contributed by atoms with Gasteiger partial charge in [-0.25, -0.2) is 0 Å². The highest BCUT2D eigenvalue weighted by Crippen LogP contribution is 2.16. The lowest BCUT2D eigenvalue weighted by molar-refractivity contribution is 0.1000. The Balaban J connectivity index is 1.96. The quantitative estimate of drug-likeness (QED) is 0.842. The maximum Gasteiger partial charge on any atom is 0.248 e. The van der Waals surface area contributed by atoms with Gasteiger partial charge in [-0.1, -0.05) is 12.1 Å². The number of nitrogens with zero attached hydrogens (tertiary/aromatic N) is 1. The highest BCUT2D eigenvalue weighted by atomic mass is 16.1. The van der Waals surface area contributed by atoms with Crippen LogP contribution in [0.3, 0.4) is 0 Å². The number of hydrogen-bond donors (Lipinski definition) is 2. The van der Waals surface area contributed by atoms with Gasteiger partial charge >= 0.3 is 0 Å². The van der Waals surface area contributed by atoms with Crippen molar-refractivity contribution < 1.29 is 4.79 Å². The minimum Gasteiger partial charge on any atom is -0.366 e. The number of piperidine rings is 1. The third kappa shape index (κ3) is 4.83. The molecule has 2 rings (SSSR count). The third-order valence-corrected chi connectivity index (χ3v) is 4.25. The van der Waals surface area contributed by atoms with Gasteiger partial charge in [0.2, 0.25) is 5.91 Å². The van der Waals surface area contributed by atoms with E-state index in [4.69, 9.17) is 5.73 Å². The standard InChI is InChI=1S/C17H27N3O/c1-13(2)20(12-15-4-3-9-19-10-15)11-14-5-7-16(8-6-14)17(18)21/h5-8,13,15,19H,3-4,9-12H2,1-2H3,(H2,18,21). The average molecular weight is 289 g/mol. The third-order valence-electron chi connectivity index (χ3n) is 4.25. The Labute approximate surface area is 127 Å². The van der Waals surface area contributed by atoms with E-state index in [0.717, 1.165) is 32.1 Å². The van der Waals surface area contributed by atoms with Gasteiger partial charge in [-0.3, -0.25) is 9.69 Å². The molecule has 0 bridgehead atoms. The molecule has 1 aromatic rings. The SMILES string of the molecule is CC(C)N(Cc1ccc(C(N)=O)cc1)CC1CCCNC1. The number of carbonyl (C=O) groups excluding carboxylic acids is 1. The molecule has 0 aromatic heterocycles. The monoisotopic (exact) mass is 289 g/mol. The van der Waals surface area contributed by atoms with E-state index >= 15 is 0 Å². The van der Waals surface area contributed by atoms with E-state index in [-0.39, 0.29) is 5.91 Å². The normalized spacial score (nSPS) is 19.1. The van der Waals surface area contributed by atoms with Crippen LogP contribution in [0, 0.1) is 5.92 Å². The second kappa shape index (κ2) is 7.57. The fraction of sp³-hybridized carbons (Fsp3) is 0.588. The molecule has 1 saturated heterocycles. The lowest BCUT2D eigenvalue weighted by Crippen LogP contribution is -2.40. The molecule has 3 N–H and O–H groups in total. The largest absolute Gasteiger partial charge is 0.366 e. The molecule has 1 aliphatic heterocycles. The van der Waals surface area contributed by atoms with E-state index in [1.165, 1.54) is 18.4 Å². The summed E-state index contributed by atoms with van der Waals surface area (Å²) in [6.07, 6.45) is 2.60. The predicted octanol–water partition coefficient (Wildman–Crippen LogP) is 2.00. The van der Waals surface area contributed by atoms with Crippen LogP contribution in [0.25, 0.3) is 0 Å². The van der Waals surface area contributed by atoms with Crippen LogP contribution in [0.1, 0.15) is 42.6 Å². The average Bonchev–Trinajstić information content (AvgIpc) is 2.48. The molecule has 1 aromatic carbocycles. The Morgan fingerprint density at radius 3 is 2.62 bits per heavy atom. The second-order valence-electron chi connectivity index (χ2n) is 6.30. The van der Waals surface area contributed by atoms with Crippen LogP contribution in [0.2, 0.25) is 0 Å². The lowest BCUT2D eigenvalue weighted by Gasteiger charge is -2.32. The van der Waals surface area contributed by atoms with Gasteiger partial charge < -0.3 is 11.1 Å². The van der Waals surface area contributed by atoms with Crippen molar-refractivity contribution in [2.24, 2.45) is 11.7 Å². The first-order chi connectivity index (χ1) is 10.1. The molecule has 116 valence electrons. The van der Waals surface area contributed by atoms with Crippen molar-refractivity contribution >= 4 is 5.91 Å². The van der Waals surface area contributed by atoms with Crippen LogP contribution in [0.5, 0.6) is 0 Å². The van der Waals surface area contributed by atoms with E-state index in [9.17, 15) is 4.79 Å². The molecule has 1 unspecified atom stereocenters. The Morgan fingerprint density at radius 1 is 1.38 bits per heavy atom. The van der Waals surface area contributed by atoms with Crippen LogP contribution in [-0.2, 0) is 6.54 Å².